The number of aromatic nitrogens is 2. The summed E-state index contributed by atoms with van der Waals surface area (Å²) in [6.45, 7) is 11.2. The first-order chi connectivity index (χ1) is 16.2. The lowest BCUT2D eigenvalue weighted by Crippen LogP contribution is -2.37. The fourth-order valence-corrected chi connectivity index (χ4v) is 5.32. The minimum absolute atomic E-state index is 0. The predicted molar refractivity (Wildman–Crippen MR) is 142 cm³/mol. The molecule has 0 saturated carbocycles. The van der Waals surface area contributed by atoms with E-state index in [1.807, 2.05) is 12.1 Å². The Morgan fingerprint density at radius 1 is 1.03 bits per heavy atom. The number of hydrogen-bond donors (Lipinski definition) is 2. The van der Waals surface area contributed by atoms with Gasteiger partial charge in [0, 0.05) is 53.9 Å². The highest BCUT2D eigenvalue weighted by molar-refractivity contribution is 7.34. The van der Waals surface area contributed by atoms with Gasteiger partial charge in [-0.15, -0.1) is 12.4 Å². The molecule has 35 heavy (non-hydrogen) atoms. The average Bonchev–Trinajstić information content (AvgIpc) is 2.77. The van der Waals surface area contributed by atoms with Gasteiger partial charge in [-0.25, -0.2) is 19.9 Å². The average molecular weight is 524 g/mol. The monoisotopic (exact) mass is 523 g/mol. The van der Waals surface area contributed by atoms with Crippen molar-refractivity contribution in [2.45, 2.75) is 58.9 Å². The fraction of sp³-hybridized carbons (Fsp3) is 0.583. The lowest BCUT2D eigenvalue weighted by Gasteiger charge is -2.34. The third-order valence-corrected chi connectivity index (χ3v) is 6.93. The SMILES string of the molecule is CC(C)CC1CCN(N)c2ccc(O[P+](=O)Oc3ccc4c(n3)N(CC(C)C)CCC4N)nc21.Cl. The van der Waals surface area contributed by atoms with Crippen LogP contribution < -0.4 is 30.5 Å². The molecule has 3 unspecified atom stereocenters. The first-order valence-electron chi connectivity index (χ1n) is 12.1. The number of halogens is 1. The molecule has 0 aliphatic carbocycles. The molecule has 192 valence electrons. The molecule has 4 N–H and O–H groups in total. The quantitative estimate of drug-likeness (QED) is 0.360. The predicted octanol–water partition coefficient (Wildman–Crippen LogP) is 5.09. The molecule has 0 fully saturated rings. The Morgan fingerprint density at radius 3 is 2.40 bits per heavy atom. The van der Waals surface area contributed by atoms with Gasteiger partial charge in [-0.2, -0.15) is 4.98 Å². The molecular weight excluding hydrogens is 487 g/mol. The van der Waals surface area contributed by atoms with Crippen LogP contribution in [0.2, 0.25) is 0 Å². The van der Waals surface area contributed by atoms with Crippen molar-refractivity contribution < 1.29 is 13.6 Å². The lowest BCUT2D eigenvalue weighted by atomic mass is 9.88. The van der Waals surface area contributed by atoms with Crippen molar-refractivity contribution in [3.05, 3.63) is 35.5 Å². The summed E-state index contributed by atoms with van der Waals surface area (Å²) in [5.41, 5.74) is 9.04. The third kappa shape index (κ3) is 6.53. The van der Waals surface area contributed by atoms with Gasteiger partial charge in [0.15, 0.2) is 0 Å². The summed E-state index contributed by atoms with van der Waals surface area (Å²) in [5.74, 6) is 8.74. The van der Waals surface area contributed by atoms with E-state index in [0.29, 0.717) is 11.8 Å². The maximum Gasteiger partial charge on any atom is 0.808 e. The molecule has 11 heteroatoms. The van der Waals surface area contributed by atoms with Crippen LogP contribution in [0.1, 0.15) is 70.2 Å². The van der Waals surface area contributed by atoms with Crippen LogP contribution in [0, 0.1) is 11.8 Å². The summed E-state index contributed by atoms with van der Waals surface area (Å²) < 4.78 is 23.8. The fourth-order valence-electron chi connectivity index (χ4n) is 4.78. The molecule has 2 aliphatic rings. The molecule has 2 aromatic heterocycles. The van der Waals surface area contributed by atoms with Gasteiger partial charge in [0.1, 0.15) is 5.82 Å². The number of hydrogen-bond acceptors (Lipinski definition) is 9. The number of nitrogens with two attached hydrogens (primary N) is 2. The molecule has 0 saturated heterocycles. The van der Waals surface area contributed by atoms with Crippen LogP contribution in [-0.2, 0) is 4.57 Å². The van der Waals surface area contributed by atoms with Crippen molar-refractivity contribution in [2.24, 2.45) is 23.4 Å². The second-order valence-corrected chi connectivity index (χ2v) is 10.9. The van der Waals surface area contributed by atoms with E-state index in [9.17, 15) is 4.57 Å². The van der Waals surface area contributed by atoms with Gasteiger partial charge >= 0.3 is 8.25 Å². The topological polar surface area (TPSA) is 120 Å². The Bertz CT molecular complexity index is 961. The van der Waals surface area contributed by atoms with E-state index in [4.69, 9.17) is 20.6 Å². The van der Waals surface area contributed by atoms with Crippen molar-refractivity contribution in [3.63, 3.8) is 0 Å². The van der Waals surface area contributed by atoms with Gasteiger partial charge in [-0.3, -0.25) is 0 Å². The summed E-state index contributed by atoms with van der Waals surface area (Å²) in [6, 6.07) is 7.08. The van der Waals surface area contributed by atoms with Gasteiger partial charge in [-0.1, -0.05) is 27.7 Å². The molecule has 3 atom stereocenters. The lowest BCUT2D eigenvalue weighted by molar-refractivity contribution is 0.398. The Hall–Kier alpha value is -2.19. The Balaban J connectivity index is 0.00000342. The third-order valence-electron chi connectivity index (χ3n) is 6.26. The van der Waals surface area contributed by atoms with Gasteiger partial charge in [0.05, 0.1) is 11.4 Å². The van der Waals surface area contributed by atoms with E-state index >= 15 is 0 Å². The second-order valence-electron chi connectivity index (χ2n) is 10.1. The van der Waals surface area contributed by atoms with Crippen molar-refractivity contribution >= 4 is 32.2 Å². The van der Waals surface area contributed by atoms with Crippen LogP contribution in [0.4, 0.5) is 11.5 Å². The van der Waals surface area contributed by atoms with E-state index in [2.05, 4.69) is 42.6 Å². The summed E-state index contributed by atoms with van der Waals surface area (Å²) in [7, 11) is -2.51. The van der Waals surface area contributed by atoms with Crippen LogP contribution >= 0.6 is 20.7 Å². The Labute approximate surface area is 214 Å². The van der Waals surface area contributed by atoms with Crippen molar-refractivity contribution in [1.82, 2.24) is 9.97 Å². The standard InChI is InChI=1S/C24H36N6O3P.ClH/c1-15(2)13-17-9-12-30(26)20-6-8-21(27-23(17)20)32-34(31)33-22-7-5-18-19(25)10-11-29(14-16(3)4)24(18)28-22;/h5-8,15-17,19H,9-14,25-26H2,1-4H3;1H/q+1;. The van der Waals surface area contributed by atoms with Crippen molar-refractivity contribution in [1.29, 1.82) is 0 Å². The molecule has 0 radical (unpaired) electrons. The van der Waals surface area contributed by atoms with E-state index < -0.39 is 8.25 Å². The highest BCUT2D eigenvalue weighted by atomic mass is 35.5. The number of rotatable bonds is 8. The van der Waals surface area contributed by atoms with E-state index in [-0.39, 0.29) is 36.1 Å². The zero-order valence-corrected chi connectivity index (χ0v) is 22.6. The molecule has 0 aromatic carbocycles. The minimum Gasteiger partial charge on any atom is -0.356 e. The first kappa shape index (κ1) is 27.4. The Kier molecular flexibility index (Phi) is 9.16. The second kappa shape index (κ2) is 11.7. The largest absolute Gasteiger partial charge is 0.808 e. The highest BCUT2D eigenvalue weighted by Crippen LogP contribution is 2.39. The molecule has 4 heterocycles. The molecular formula is C24H37ClN6O3P+. The molecule has 0 spiro atoms. The first-order valence-corrected chi connectivity index (χ1v) is 13.2. The smallest absolute Gasteiger partial charge is 0.356 e. The van der Waals surface area contributed by atoms with E-state index in [1.165, 1.54) is 0 Å². The minimum atomic E-state index is -2.51. The zero-order valence-electron chi connectivity index (χ0n) is 20.9. The number of anilines is 2. The normalized spacial score (nSPS) is 19.7. The van der Waals surface area contributed by atoms with Crippen molar-refractivity contribution in [3.8, 4) is 11.8 Å². The maximum absolute atomic E-state index is 12.7. The molecule has 2 aromatic rings. The van der Waals surface area contributed by atoms with Crippen LogP contribution in [0.15, 0.2) is 24.3 Å². The van der Waals surface area contributed by atoms with Crippen LogP contribution in [0.3, 0.4) is 0 Å². The molecule has 0 amide bonds. The maximum atomic E-state index is 12.7. The van der Waals surface area contributed by atoms with Gasteiger partial charge in [0.25, 0.3) is 11.8 Å². The number of nitrogens with zero attached hydrogens (tertiary/aromatic N) is 4. The number of hydrazine groups is 1. The molecule has 4 rings (SSSR count). The van der Waals surface area contributed by atoms with E-state index in [1.54, 1.807) is 17.1 Å². The van der Waals surface area contributed by atoms with Crippen LogP contribution in [0.5, 0.6) is 11.8 Å². The van der Waals surface area contributed by atoms with Crippen LogP contribution in [0.25, 0.3) is 0 Å². The summed E-state index contributed by atoms with van der Waals surface area (Å²) in [4.78, 5) is 11.5. The Morgan fingerprint density at radius 2 is 1.71 bits per heavy atom. The number of pyridine rings is 2. The van der Waals surface area contributed by atoms with Gasteiger partial charge in [0.2, 0.25) is 0 Å². The summed E-state index contributed by atoms with van der Waals surface area (Å²) in [6.07, 6.45) is 2.81. The zero-order chi connectivity index (χ0) is 24.4. The van der Waals surface area contributed by atoms with Crippen molar-refractivity contribution in [2.75, 3.05) is 29.5 Å². The van der Waals surface area contributed by atoms with Gasteiger partial charge in [-0.05, 0) is 43.2 Å². The van der Waals surface area contributed by atoms with E-state index in [0.717, 1.165) is 61.7 Å². The summed E-state index contributed by atoms with van der Waals surface area (Å²) >= 11 is 0. The number of fused-ring (bicyclic) bond motifs is 2. The molecule has 0 bridgehead atoms. The molecule has 9 nitrogen and oxygen atoms in total. The van der Waals surface area contributed by atoms with Gasteiger partial charge < -0.3 is 15.6 Å². The highest BCUT2D eigenvalue weighted by Gasteiger charge is 2.32. The molecule has 2 aliphatic heterocycles. The van der Waals surface area contributed by atoms with Crippen LogP contribution in [-0.4, -0.2) is 29.6 Å². The summed E-state index contributed by atoms with van der Waals surface area (Å²) in [5, 5.41) is 1.71.